The van der Waals surface area contributed by atoms with Gasteiger partial charge in [-0.05, 0) is 48.9 Å². The van der Waals surface area contributed by atoms with Gasteiger partial charge in [0.25, 0.3) is 0 Å². The van der Waals surface area contributed by atoms with Crippen molar-refractivity contribution in [3.63, 3.8) is 0 Å². The van der Waals surface area contributed by atoms with E-state index in [1.54, 1.807) is 18.2 Å². The molecule has 0 heterocycles. The lowest BCUT2D eigenvalue weighted by atomic mass is 9.94. The van der Waals surface area contributed by atoms with Gasteiger partial charge in [-0.3, -0.25) is 9.59 Å². The molecule has 6 heteroatoms. The van der Waals surface area contributed by atoms with E-state index in [2.05, 4.69) is 5.32 Å². The fourth-order valence-corrected chi connectivity index (χ4v) is 3.75. The van der Waals surface area contributed by atoms with E-state index in [1.165, 1.54) is 0 Å². The standard InChI is InChI=1S/C20H20Cl2N2O2/c21-14-7-8-15(16(22)12-14)20(10-11-20)19(26)24-17(18(23)25)9-6-13-4-2-1-3-5-13/h1-5,7-8,12,17H,6,9-11H2,(H2,23,25)(H,24,26)/t17-/m0/s1. The van der Waals surface area contributed by atoms with Crippen LogP contribution in [-0.4, -0.2) is 17.9 Å². The van der Waals surface area contributed by atoms with Crippen molar-refractivity contribution in [2.75, 3.05) is 0 Å². The van der Waals surface area contributed by atoms with Crippen LogP contribution in [0.25, 0.3) is 0 Å². The van der Waals surface area contributed by atoms with Gasteiger partial charge in [0.05, 0.1) is 5.41 Å². The minimum atomic E-state index is -0.716. The highest BCUT2D eigenvalue weighted by atomic mass is 35.5. The maximum absolute atomic E-state index is 12.9. The van der Waals surface area contributed by atoms with Gasteiger partial charge in [0.2, 0.25) is 11.8 Å². The number of hydrogen-bond acceptors (Lipinski definition) is 2. The first-order valence-corrected chi connectivity index (χ1v) is 9.28. The Labute approximate surface area is 162 Å². The Bertz CT molecular complexity index is 820. The number of halogens is 2. The Morgan fingerprint density at radius 2 is 1.81 bits per heavy atom. The molecule has 0 radical (unpaired) electrons. The van der Waals surface area contributed by atoms with E-state index in [0.717, 1.165) is 11.1 Å². The van der Waals surface area contributed by atoms with E-state index in [0.29, 0.717) is 35.7 Å². The van der Waals surface area contributed by atoms with Crippen LogP contribution >= 0.6 is 23.2 Å². The first-order valence-electron chi connectivity index (χ1n) is 8.52. The summed E-state index contributed by atoms with van der Waals surface area (Å²) in [7, 11) is 0. The minimum Gasteiger partial charge on any atom is -0.368 e. The number of benzene rings is 2. The molecule has 0 aromatic heterocycles. The van der Waals surface area contributed by atoms with Crippen molar-refractivity contribution in [1.82, 2.24) is 5.32 Å². The van der Waals surface area contributed by atoms with Crippen LogP contribution in [0, 0.1) is 0 Å². The van der Waals surface area contributed by atoms with Gasteiger partial charge in [0.1, 0.15) is 6.04 Å². The second-order valence-electron chi connectivity index (χ2n) is 6.66. The van der Waals surface area contributed by atoms with Crippen LogP contribution in [0.1, 0.15) is 30.4 Å². The van der Waals surface area contributed by atoms with E-state index in [4.69, 9.17) is 28.9 Å². The molecule has 2 aromatic carbocycles. The van der Waals surface area contributed by atoms with E-state index in [-0.39, 0.29) is 5.91 Å². The van der Waals surface area contributed by atoms with Gasteiger partial charge in [-0.1, -0.05) is 59.6 Å². The molecule has 2 aromatic rings. The topological polar surface area (TPSA) is 72.2 Å². The molecule has 0 unspecified atom stereocenters. The molecule has 1 atom stereocenters. The summed E-state index contributed by atoms with van der Waals surface area (Å²) in [6.45, 7) is 0. The molecule has 2 amide bonds. The van der Waals surface area contributed by atoms with Crippen LogP contribution in [0.4, 0.5) is 0 Å². The Hall–Kier alpha value is -2.04. The highest BCUT2D eigenvalue weighted by molar-refractivity contribution is 6.35. The molecular formula is C20H20Cl2N2O2. The third kappa shape index (κ3) is 4.02. The third-order valence-corrected chi connectivity index (χ3v) is 5.39. The average Bonchev–Trinajstić information content (AvgIpc) is 3.40. The maximum Gasteiger partial charge on any atom is 0.240 e. The average molecular weight is 391 g/mol. The van der Waals surface area contributed by atoms with Gasteiger partial charge >= 0.3 is 0 Å². The number of carbonyl (C=O) groups excluding carboxylic acids is 2. The normalized spacial score (nSPS) is 15.9. The number of nitrogens with one attached hydrogen (secondary N) is 1. The zero-order valence-corrected chi connectivity index (χ0v) is 15.7. The Kier molecular flexibility index (Phi) is 5.54. The zero-order valence-electron chi connectivity index (χ0n) is 14.2. The lowest BCUT2D eigenvalue weighted by Gasteiger charge is -2.21. The predicted octanol–water partition coefficient (Wildman–Crippen LogP) is 3.63. The first kappa shape index (κ1) is 18.7. The molecule has 0 bridgehead atoms. The van der Waals surface area contributed by atoms with Crippen molar-refractivity contribution in [2.24, 2.45) is 5.73 Å². The van der Waals surface area contributed by atoms with E-state index < -0.39 is 17.4 Å². The van der Waals surface area contributed by atoms with Gasteiger partial charge < -0.3 is 11.1 Å². The smallest absolute Gasteiger partial charge is 0.240 e. The second kappa shape index (κ2) is 7.68. The van der Waals surface area contributed by atoms with Gasteiger partial charge in [-0.15, -0.1) is 0 Å². The number of aryl methyl sites for hydroxylation is 1. The summed E-state index contributed by atoms with van der Waals surface area (Å²) in [6, 6.07) is 14.2. The van der Waals surface area contributed by atoms with Crippen LogP contribution in [0.5, 0.6) is 0 Å². The summed E-state index contributed by atoms with van der Waals surface area (Å²) in [4.78, 5) is 24.7. The molecule has 3 rings (SSSR count). The van der Waals surface area contributed by atoms with Crippen LogP contribution < -0.4 is 11.1 Å². The Morgan fingerprint density at radius 1 is 1.12 bits per heavy atom. The van der Waals surface area contributed by atoms with Gasteiger partial charge in [0, 0.05) is 10.0 Å². The zero-order chi connectivity index (χ0) is 18.7. The molecule has 26 heavy (non-hydrogen) atoms. The SMILES string of the molecule is NC(=O)[C@H](CCc1ccccc1)NC(=O)C1(c2ccc(Cl)cc2Cl)CC1. The largest absolute Gasteiger partial charge is 0.368 e. The van der Waals surface area contributed by atoms with Gasteiger partial charge in [-0.2, -0.15) is 0 Å². The molecule has 1 aliphatic rings. The fourth-order valence-electron chi connectivity index (χ4n) is 3.16. The summed E-state index contributed by atoms with van der Waals surface area (Å²) in [5, 5.41) is 3.81. The number of carbonyl (C=O) groups is 2. The molecule has 1 saturated carbocycles. The van der Waals surface area contributed by atoms with Crippen molar-refractivity contribution >= 4 is 35.0 Å². The summed E-state index contributed by atoms with van der Waals surface area (Å²) in [6.07, 6.45) is 2.48. The van der Waals surface area contributed by atoms with Crippen LogP contribution in [-0.2, 0) is 21.4 Å². The van der Waals surface area contributed by atoms with Crippen LogP contribution in [0.15, 0.2) is 48.5 Å². The number of amides is 2. The van der Waals surface area contributed by atoms with Crippen LogP contribution in [0.2, 0.25) is 10.0 Å². The Balaban J connectivity index is 1.70. The fraction of sp³-hybridized carbons (Fsp3) is 0.300. The lowest BCUT2D eigenvalue weighted by Crippen LogP contribution is -2.48. The minimum absolute atomic E-state index is 0.210. The summed E-state index contributed by atoms with van der Waals surface area (Å²) >= 11 is 12.2. The maximum atomic E-state index is 12.9. The summed E-state index contributed by atoms with van der Waals surface area (Å²) in [5.41, 5.74) is 6.65. The molecule has 1 fully saturated rings. The highest BCUT2D eigenvalue weighted by Crippen LogP contribution is 2.51. The van der Waals surface area contributed by atoms with E-state index in [1.807, 2.05) is 30.3 Å². The van der Waals surface area contributed by atoms with E-state index >= 15 is 0 Å². The van der Waals surface area contributed by atoms with Crippen molar-refractivity contribution in [3.8, 4) is 0 Å². The first-order chi connectivity index (χ1) is 12.4. The number of hydrogen-bond donors (Lipinski definition) is 2. The monoisotopic (exact) mass is 390 g/mol. The quantitative estimate of drug-likeness (QED) is 0.757. The van der Waals surface area contributed by atoms with Crippen molar-refractivity contribution < 1.29 is 9.59 Å². The molecule has 136 valence electrons. The summed E-state index contributed by atoms with van der Waals surface area (Å²) < 4.78 is 0. The highest BCUT2D eigenvalue weighted by Gasteiger charge is 2.52. The molecule has 4 nitrogen and oxygen atoms in total. The number of primary amides is 1. The van der Waals surface area contributed by atoms with Gasteiger partial charge in [-0.25, -0.2) is 0 Å². The number of nitrogens with two attached hydrogens (primary N) is 1. The predicted molar refractivity (Wildman–Crippen MR) is 103 cm³/mol. The molecule has 3 N–H and O–H groups in total. The summed E-state index contributed by atoms with van der Waals surface area (Å²) in [5.74, 6) is -0.745. The van der Waals surface area contributed by atoms with Crippen molar-refractivity contribution in [3.05, 3.63) is 69.7 Å². The molecule has 0 spiro atoms. The lowest BCUT2D eigenvalue weighted by molar-refractivity contribution is -0.129. The second-order valence-corrected chi connectivity index (χ2v) is 7.50. The Morgan fingerprint density at radius 3 is 2.38 bits per heavy atom. The van der Waals surface area contributed by atoms with Crippen LogP contribution in [0.3, 0.4) is 0 Å². The van der Waals surface area contributed by atoms with E-state index in [9.17, 15) is 9.59 Å². The van der Waals surface area contributed by atoms with Crippen molar-refractivity contribution in [1.29, 1.82) is 0 Å². The number of rotatable bonds is 7. The van der Waals surface area contributed by atoms with Crippen molar-refractivity contribution in [2.45, 2.75) is 37.1 Å². The molecule has 1 aliphatic carbocycles. The third-order valence-electron chi connectivity index (χ3n) is 4.84. The molecule has 0 saturated heterocycles. The molecule has 0 aliphatic heterocycles. The van der Waals surface area contributed by atoms with Gasteiger partial charge in [0.15, 0.2) is 0 Å². The molecular weight excluding hydrogens is 371 g/mol.